The molecule has 1 fully saturated rings. The summed E-state index contributed by atoms with van der Waals surface area (Å²) in [5, 5.41) is 2.65. The van der Waals surface area contributed by atoms with Crippen LogP contribution in [0.25, 0.3) is 6.08 Å². The van der Waals surface area contributed by atoms with Crippen LogP contribution in [-0.2, 0) is 14.4 Å². The van der Waals surface area contributed by atoms with Crippen molar-refractivity contribution in [3.63, 3.8) is 0 Å². The van der Waals surface area contributed by atoms with Crippen LogP contribution in [0, 0.1) is 5.82 Å². The van der Waals surface area contributed by atoms with Gasteiger partial charge in [0.2, 0.25) is 17.7 Å². The molecule has 1 saturated heterocycles. The molecule has 1 N–H and O–H groups in total. The van der Waals surface area contributed by atoms with Crippen LogP contribution in [0.5, 0.6) is 0 Å². The predicted octanol–water partition coefficient (Wildman–Crippen LogP) is 1.04. The molecular formula is C18H22FN3O3. The number of rotatable bonds is 5. The topological polar surface area (TPSA) is 69.7 Å². The molecular weight excluding hydrogens is 325 g/mol. The lowest BCUT2D eigenvalue weighted by Gasteiger charge is -2.34. The molecule has 3 amide bonds. The number of halogens is 1. The summed E-state index contributed by atoms with van der Waals surface area (Å²) in [6, 6.07) is 5.79. The van der Waals surface area contributed by atoms with E-state index in [4.69, 9.17) is 0 Å². The monoisotopic (exact) mass is 347 g/mol. The van der Waals surface area contributed by atoms with Crippen molar-refractivity contribution in [2.75, 3.05) is 32.7 Å². The van der Waals surface area contributed by atoms with E-state index < -0.39 is 0 Å². The maximum atomic E-state index is 12.8. The minimum atomic E-state index is -0.329. The molecule has 0 atom stereocenters. The minimum absolute atomic E-state index is 0.0207. The van der Waals surface area contributed by atoms with Gasteiger partial charge in [0.25, 0.3) is 0 Å². The molecule has 1 aliphatic heterocycles. The molecule has 0 radical (unpaired) electrons. The van der Waals surface area contributed by atoms with E-state index in [-0.39, 0.29) is 36.5 Å². The fraction of sp³-hybridized carbons (Fsp3) is 0.389. The van der Waals surface area contributed by atoms with E-state index >= 15 is 0 Å². The molecule has 2 rings (SSSR count). The summed E-state index contributed by atoms with van der Waals surface area (Å²) >= 11 is 0. The lowest BCUT2D eigenvalue weighted by Crippen LogP contribution is -2.50. The van der Waals surface area contributed by atoms with E-state index in [0.717, 1.165) is 5.56 Å². The largest absolute Gasteiger partial charge is 0.352 e. The van der Waals surface area contributed by atoms with E-state index in [9.17, 15) is 18.8 Å². The molecule has 1 heterocycles. The Bertz CT molecular complexity index is 650. The Morgan fingerprint density at radius 3 is 2.28 bits per heavy atom. The van der Waals surface area contributed by atoms with Crippen LogP contribution in [0.4, 0.5) is 4.39 Å². The number of piperazine rings is 1. The van der Waals surface area contributed by atoms with Crippen molar-refractivity contribution in [2.45, 2.75) is 13.3 Å². The highest BCUT2D eigenvalue weighted by atomic mass is 19.1. The standard InChI is InChI=1S/C18H22FN3O3/c1-14(23)21-10-12-22(13-11-21)18(25)8-9-20-17(24)7-4-15-2-5-16(19)6-3-15/h2-7H,8-13H2,1H3,(H,20,24)/b7-4+. The van der Waals surface area contributed by atoms with Gasteiger partial charge in [-0.3, -0.25) is 14.4 Å². The third-order valence-electron chi connectivity index (χ3n) is 4.01. The number of carbonyl (C=O) groups excluding carboxylic acids is 3. The van der Waals surface area contributed by atoms with Crippen molar-refractivity contribution in [3.05, 3.63) is 41.7 Å². The summed E-state index contributed by atoms with van der Waals surface area (Å²) in [4.78, 5) is 38.5. The van der Waals surface area contributed by atoms with E-state index in [1.54, 1.807) is 28.0 Å². The average Bonchev–Trinajstić information content (AvgIpc) is 2.61. The second-order valence-corrected chi connectivity index (χ2v) is 5.81. The van der Waals surface area contributed by atoms with Gasteiger partial charge in [-0.2, -0.15) is 0 Å². The number of amides is 3. The number of nitrogens with zero attached hydrogens (tertiary/aromatic N) is 2. The van der Waals surface area contributed by atoms with Gasteiger partial charge in [0.05, 0.1) is 0 Å². The normalized spacial score (nSPS) is 14.6. The predicted molar refractivity (Wildman–Crippen MR) is 91.9 cm³/mol. The van der Waals surface area contributed by atoms with Gasteiger partial charge in [0.1, 0.15) is 5.82 Å². The second-order valence-electron chi connectivity index (χ2n) is 5.81. The van der Waals surface area contributed by atoms with Crippen LogP contribution < -0.4 is 5.32 Å². The maximum Gasteiger partial charge on any atom is 0.244 e. The van der Waals surface area contributed by atoms with Crippen LogP contribution in [-0.4, -0.2) is 60.2 Å². The molecule has 1 aromatic carbocycles. The smallest absolute Gasteiger partial charge is 0.244 e. The minimum Gasteiger partial charge on any atom is -0.352 e. The zero-order valence-corrected chi connectivity index (χ0v) is 14.2. The molecule has 1 aliphatic rings. The van der Waals surface area contributed by atoms with Gasteiger partial charge in [-0.15, -0.1) is 0 Å². The van der Waals surface area contributed by atoms with Gasteiger partial charge in [0.15, 0.2) is 0 Å². The Hall–Kier alpha value is -2.70. The van der Waals surface area contributed by atoms with E-state index in [2.05, 4.69) is 5.32 Å². The van der Waals surface area contributed by atoms with Gasteiger partial charge in [-0.1, -0.05) is 12.1 Å². The van der Waals surface area contributed by atoms with Gasteiger partial charge in [-0.05, 0) is 23.8 Å². The van der Waals surface area contributed by atoms with Crippen LogP contribution >= 0.6 is 0 Å². The summed E-state index contributed by atoms with van der Waals surface area (Å²) in [5.74, 6) is -0.652. The summed E-state index contributed by atoms with van der Waals surface area (Å²) < 4.78 is 12.8. The fourth-order valence-corrected chi connectivity index (χ4v) is 2.53. The van der Waals surface area contributed by atoms with Crippen LogP contribution in [0.1, 0.15) is 18.9 Å². The molecule has 0 unspecified atom stereocenters. The Labute approximate surface area is 146 Å². The van der Waals surface area contributed by atoms with Crippen molar-refractivity contribution >= 4 is 23.8 Å². The maximum absolute atomic E-state index is 12.8. The van der Waals surface area contributed by atoms with Crippen LogP contribution in [0.3, 0.4) is 0 Å². The van der Waals surface area contributed by atoms with Crippen molar-refractivity contribution in [1.29, 1.82) is 0 Å². The Balaban J connectivity index is 1.68. The molecule has 134 valence electrons. The van der Waals surface area contributed by atoms with Gasteiger partial charge in [0, 0.05) is 52.1 Å². The third-order valence-corrected chi connectivity index (χ3v) is 4.01. The van der Waals surface area contributed by atoms with Crippen molar-refractivity contribution in [3.8, 4) is 0 Å². The number of carbonyl (C=O) groups is 3. The molecule has 0 bridgehead atoms. The highest BCUT2D eigenvalue weighted by Crippen LogP contribution is 2.05. The molecule has 0 aromatic heterocycles. The van der Waals surface area contributed by atoms with Gasteiger partial charge in [-0.25, -0.2) is 4.39 Å². The average molecular weight is 347 g/mol. The fourth-order valence-electron chi connectivity index (χ4n) is 2.53. The number of nitrogens with one attached hydrogen (secondary N) is 1. The first-order valence-electron chi connectivity index (χ1n) is 8.20. The number of benzene rings is 1. The lowest BCUT2D eigenvalue weighted by molar-refractivity contribution is -0.138. The van der Waals surface area contributed by atoms with Crippen molar-refractivity contribution in [2.24, 2.45) is 0 Å². The van der Waals surface area contributed by atoms with E-state index in [1.807, 2.05) is 0 Å². The molecule has 0 spiro atoms. The Morgan fingerprint density at radius 2 is 1.68 bits per heavy atom. The van der Waals surface area contributed by atoms with Crippen molar-refractivity contribution in [1.82, 2.24) is 15.1 Å². The first-order chi connectivity index (χ1) is 12.0. The highest BCUT2D eigenvalue weighted by molar-refractivity contribution is 5.92. The number of hydrogen-bond acceptors (Lipinski definition) is 3. The Morgan fingerprint density at radius 1 is 1.08 bits per heavy atom. The molecule has 1 aromatic rings. The SMILES string of the molecule is CC(=O)N1CCN(C(=O)CCNC(=O)/C=C/c2ccc(F)cc2)CC1. The summed E-state index contributed by atoms with van der Waals surface area (Å²) in [5.41, 5.74) is 0.718. The third kappa shape index (κ3) is 6.02. The quantitative estimate of drug-likeness (QED) is 0.809. The zero-order chi connectivity index (χ0) is 18.2. The summed E-state index contributed by atoms with van der Waals surface area (Å²) in [6.07, 6.45) is 3.15. The molecule has 25 heavy (non-hydrogen) atoms. The van der Waals surface area contributed by atoms with Crippen LogP contribution in [0.15, 0.2) is 30.3 Å². The van der Waals surface area contributed by atoms with E-state index in [0.29, 0.717) is 26.2 Å². The second kappa shape index (κ2) is 8.96. The lowest BCUT2D eigenvalue weighted by atomic mass is 10.2. The first kappa shape index (κ1) is 18.6. The van der Waals surface area contributed by atoms with Crippen LogP contribution in [0.2, 0.25) is 0 Å². The highest BCUT2D eigenvalue weighted by Gasteiger charge is 2.21. The van der Waals surface area contributed by atoms with Gasteiger partial charge >= 0.3 is 0 Å². The molecule has 7 heteroatoms. The Kier molecular flexibility index (Phi) is 6.68. The summed E-state index contributed by atoms with van der Waals surface area (Å²) in [6.45, 7) is 3.92. The van der Waals surface area contributed by atoms with Gasteiger partial charge < -0.3 is 15.1 Å². The van der Waals surface area contributed by atoms with Crippen molar-refractivity contribution < 1.29 is 18.8 Å². The first-order valence-corrected chi connectivity index (χ1v) is 8.20. The molecule has 0 aliphatic carbocycles. The molecule has 0 saturated carbocycles. The summed E-state index contributed by atoms with van der Waals surface area (Å²) in [7, 11) is 0. The zero-order valence-electron chi connectivity index (χ0n) is 14.2. The number of hydrogen-bond donors (Lipinski definition) is 1. The van der Waals surface area contributed by atoms with E-state index in [1.165, 1.54) is 25.1 Å². The molecule has 6 nitrogen and oxygen atoms in total.